The van der Waals surface area contributed by atoms with Gasteiger partial charge in [0.1, 0.15) is 0 Å². The van der Waals surface area contributed by atoms with Gasteiger partial charge in [-0.3, -0.25) is 4.79 Å². The zero-order valence-corrected chi connectivity index (χ0v) is 11.2. The summed E-state index contributed by atoms with van der Waals surface area (Å²) in [5.41, 5.74) is 2.86. The molecule has 0 unspecified atom stereocenters. The third-order valence-corrected chi connectivity index (χ3v) is 1.88. The van der Waals surface area contributed by atoms with Crippen LogP contribution in [0.4, 0.5) is 0 Å². The average molecular weight is 232 g/mol. The monoisotopic (exact) mass is 232 g/mol. The summed E-state index contributed by atoms with van der Waals surface area (Å²) in [5, 5.41) is 1.32. The van der Waals surface area contributed by atoms with Crippen molar-refractivity contribution in [1.82, 2.24) is 9.55 Å². The molecule has 0 aromatic carbocycles. The van der Waals surface area contributed by atoms with Crippen molar-refractivity contribution in [3.05, 3.63) is 45.1 Å². The molecule has 0 N–H and O–H groups in total. The van der Waals surface area contributed by atoms with Crippen LogP contribution >= 0.6 is 0 Å². The van der Waals surface area contributed by atoms with Crippen molar-refractivity contribution in [2.24, 2.45) is 7.05 Å². The van der Waals surface area contributed by atoms with E-state index in [0.29, 0.717) is 10.6 Å². The standard InChI is InChI=1S/C10H8N2O.2C2H6/c1-12-7-11-9-6-4-2-3-5-8(9)10(12)13;2*1-2/h3-7H,1H3;2*1-2H3. The van der Waals surface area contributed by atoms with Crippen LogP contribution in [-0.2, 0) is 7.05 Å². The number of fused-ring (bicyclic) bond motifs is 1. The van der Waals surface area contributed by atoms with Crippen LogP contribution in [0.25, 0.3) is 12.2 Å². The molecule has 0 fully saturated rings. The third-order valence-electron chi connectivity index (χ3n) is 1.88. The zero-order valence-electron chi connectivity index (χ0n) is 11.2. The molecule has 1 heterocycles. The second-order valence-corrected chi connectivity index (χ2v) is 2.79. The number of hydrogen-bond donors (Lipinski definition) is 0. The number of hydrogen-bond acceptors (Lipinski definition) is 2. The second kappa shape index (κ2) is 8.31. The molecule has 2 rings (SSSR count). The summed E-state index contributed by atoms with van der Waals surface area (Å²) >= 11 is 0. The quantitative estimate of drug-likeness (QED) is 0.628. The minimum absolute atomic E-state index is 0.0328. The van der Waals surface area contributed by atoms with Crippen LogP contribution in [0.15, 0.2) is 29.0 Å². The lowest BCUT2D eigenvalue weighted by Crippen LogP contribution is -2.45. The van der Waals surface area contributed by atoms with Crippen LogP contribution in [0, 0.1) is 0 Å². The first kappa shape index (κ1) is 15.1. The largest absolute Gasteiger partial charge is 0.302 e. The van der Waals surface area contributed by atoms with Crippen LogP contribution < -0.4 is 16.1 Å². The van der Waals surface area contributed by atoms with E-state index < -0.39 is 0 Å². The van der Waals surface area contributed by atoms with Crippen molar-refractivity contribution in [2.75, 3.05) is 0 Å². The molecule has 0 atom stereocenters. The van der Waals surface area contributed by atoms with Gasteiger partial charge in [-0.05, 0) is 24.3 Å². The van der Waals surface area contributed by atoms with Gasteiger partial charge in [-0.15, -0.1) is 5.73 Å². The molecule has 0 radical (unpaired) electrons. The van der Waals surface area contributed by atoms with E-state index in [1.54, 1.807) is 31.4 Å². The first-order valence-corrected chi connectivity index (χ1v) is 5.94. The van der Waals surface area contributed by atoms with Gasteiger partial charge in [-0.2, -0.15) is 0 Å². The van der Waals surface area contributed by atoms with Crippen molar-refractivity contribution >= 4 is 12.2 Å². The molecular formula is C14H20N2O. The van der Waals surface area contributed by atoms with E-state index in [9.17, 15) is 4.79 Å². The van der Waals surface area contributed by atoms with Gasteiger partial charge < -0.3 is 4.57 Å². The highest BCUT2D eigenvalue weighted by Crippen LogP contribution is 1.74. The molecule has 0 amide bonds. The fraction of sp³-hybridized carbons (Fsp3) is 0.357. The minimum Gasteiger partial charge on any atom is -0.302 e. The Bertz CT molecular complexity index is 573. The van der Waals surface area contributed by atoms with Gasteiger partial charge in [0.15, 0.2) is 0 Å². The number of aryl methyl sites for hydroxylation is 1. The van der Waals surface area contributed by atoms with Gasteiger partial charge >= 0.3 is 0 Å². The Kier molecular flexibility index (Phi) is 7.40. The van der Waals surface area contributed by atoms with Crippen LogP contribution in [0.3, 0.4) is 0 Å². The lowest BCUT2D eigenvalue weighted by Gasteiger charge is -1.94. The highest BCUT2D eigenvalue weighted by atomic mass is 16.1. The molecule has 17 heavy (non-hydrogen) atoms. The predicted octanol–water partition coefficient (Wildman–Crippen LogP) is 1.12. The molecule has 0 bridgehead atoms. The first-order valence-electron chi connectivity index (χ1n) is 5.94. The maximum absolute atomic E-state index is 11.6. The fourth-order valence-electron chi connectivity index (χ4n) is 1.17. The molecule has 1 aromatic heterocycles. The zero-order chi connectivity index (χ0) is 13.3. The van der Waals surface area contributed by atoms with Crippen LogP contribution in [-0.4, -0.2) is 9.55 Å². The molecule has 0 saturated carbocycles. The molecule has 0 saturated heterocycles. The Labute approximate surface area is 102 Å². The van der Waals surface area contributed by atoms with Crippen molar-refractivity contribution in [1.29, 1.82) is 0 Å². The number of allylic oxidation sites excluding steroid dienone is 1. The molecule has 0 spiro atoms. The predicted molar refractivity (Wildman–Crippen MR) is 73.0 cm³/mol. The van der Waals surface area contributed by atoms with Crippen LogP contribution in [0.5, 0.6) is 0 Å². The maximum Gasteiger partial charge on any atom is 0.260 e. The molecular weight excluding hydrogens is 212 g/mol. The maximum atomic E-state index is 11.6. The molecule has 3 nitrogen and oxygen atoms in total. The molecule has 3 heteroatoms. The minimum atomic E-state index is -0.0328. The Hall–Kier alpha value is -1.86. The van der Waals surface area contributed by atoms with Crippen molar-refractivity contribution in [3.8, 4) is 0 Å². The Morgan fingerprint density at radius 3 is 2.35 bits per heavy atom. The van der Waals surface area contributed by atoms with Gasteiger partial charge in [0.25, 0.3) is 5.56 Å². The molecule has 1 aliphatic carbocycles. The molecule has 92 valence electrons. The summed E-state index contributed by atoms with van der Waals surface area (Å²) in [6.45, 7) is 8.00. The lowest BCUT2D eigenvalue weighted by molar-refractivity contribution is 0.804. The normalized spacial score (nSPS) is 10.4. The molecule has 0 aliphatic heterocycles. The topological polar surface area (TPSA) is 34.9 Å². The molecule has 1 aliphatic rings. The van der Waals surface area contributed by atoms with E-state index >= 15 is 0 Å². The SMILES string of the molecule is CC.CC.Cn1cnc2c(c1=O)=CC=C=CC=2. The fourth-order valence-corrected chi connectivity index (χ4v) is 1.17. The second-order valence-electron chi connectivity index (χ2n) is 2.79. The van der Waals surface area contributed by atoms with Gasteiger partial charge in [-0.1, -0.05) is 27.7 Å². The third kappa shape index (κ3) is 3.89. The van der Waals surface area contributed by atoms with E-state index in [1.165, 1.54) is 10.9 Å². The molecule has 1 aromatic rings. The lowest BCUT2D eigenvalue weighted by atomic mass is 10.3. The van der Waals surface area contributed by atoms with Gasteiger partial charge in [0, 0.05) is 7.05 Å². The Morgan fingerprint density at radius 2 is 1.71 bits per heavy atom. The van der Waals surface area contributed by atoms with Crippen molar-refractivity contribution in [2.45, 2.75) is 27.7 Å². The van der Waals surface area contributed by atoms with Gasteiger partial charge in [0.05, 0.1) is 16.9 Å². The van der Waals surface area contributed by atoms with E-state index in [2.05, 4.69) is 10.7 Å². The summed E-state index contributed by atoms with van der Waals surface area (Å²) in [4.78, 5) is 15.7. The van der Waals surface area contributed by atoms with Gasteiger partial charge in [-0.25, -0.2) is 4.98 Å². The number of aromatic nitrogens is 2. The smallest absolute Gasteiger partial charge is 0.260 e. The summed E-state index contributed by atoms with van der Waals surface area (Å²) < 4.78 is 1.46. The summed E-state index contributed by atoms with van der Waals surface area (Å²) in [6.07, 6.45) is 8.48. The highest BCUT2D eigenvalue weighted by Gasteiger charge is 1.94. The Morgan fingerprint density at radius 1 is 1.12 bits per heavy atom. The van der Waals surface area contributed by atoms with Crippen LogP contribution in [0.2, 0.25) is 0 Å². The highest BCUT2D eigenvalue weighted by molar-refractivity contribution is 5.45. The van der Waals surface area contributed by atoms with E-state index in [0.717, 1.165) is 0 Å². The number of nitrogens with zero attached hydrogens (tertiary/aromatic N) is 2. The van der Waals surface area contributed by atoms with E-state index in [1.807, 2.05) is 27.7 Å². The Balaban J connectivity index is 0.000000581. The summed E-state index contributed by atoms with van der Waals surface area (Å²) in [7, 11) is 1.69. The number of rotatable bonds is 0. The van der Waals surface area contributed by atoms with Crippen LogP contribution in [0.1, 0.15) is 27.7 Å². The first-order chi connectivity index (χ1) is 8.29. The summed E-state index contributed by atoms with van der Waals surface area (Å²) in [5.74, 6) is 0. The average Bonchev–Trinajstić information content (AvgIpc) is 2.64. The van der Waals surface area contributed by atoms with Crippen molar-refractivity contribution < 1.29 is 0 Å². The van der Waals surface area contributed by atoms with Gasteiger partial charge in [0.2, 0.25) is 0 Å². The summed E-state index contributed by atoms with van der Waals surface area (Å²) in [6, 6.07) is 0. The van der Waals surface area contributed by atoms with E-state index in [-0.39, 0.29) is 5.56 Å². The van der Waals surface area contributed by atoms with Crippen molar-refractivity contribution in [3.63, 3.8) is 0 Å². The van der Waals surface area contributed by atoms with E-state index in [4.69, 9.17) is 0 Å².